The molecule has 0 aliphatic carbocycles. The molecule has 0 saturated heterocycles. The van der Waals surface area contributed by atoms with Gasteiger partial charge in [-0.15, -0.1) is 0 Å². The van der Waals surface area contributed by atoms with E-state index in [-0.39, 0.29) is 6.10 Å². The minimum atomic E-state index is 0.0462. The lowest BCUT2D eigenvalue weighted by atomic mass is 9.99. The third-order valence-electron chi connectivity index (χ3n) is 3.04. The second-order valence-corrected chi connectivity index (χ2v) is 5.67. The molecule has 0 bridgehead atoms. The van der Waals surface area contributed by atoms with Crippen molar-refractivity contribution >= 4 is 27.5 Å². The first kappa shape index (κ1) is 12.0. The average molecular weight is 325 g/mol. The zero-order valence-corrected chi connectivity index (χ0v) is 11.9. The van der Waals surface area contributed by atoms with Crippen LogP contribution in [0.1, 0.15) is 23.7 Å². The molecular weight excluding hydrogens is 314 g/mol. The highest BCUT2D eigenvalue weighted by atomic mass is 79.9. The van der Waals surface area contributed by atoms with Crippen molar-refractivity contribution in [3.8, 4) is 5.88 Å². The number of aryl methyl sites for hydroxylation is 1. The molecule has 2 aromatic rings. The molecule has 1 atom stereocenters. The third-order valence-corrected chi connectivity index (χ3v) is 3.71. The fraction of sp³-hybridized carbons (Fsp3) is 0.214. The van der Waals surface area contributed by atoms with E-state index in [1.54, 1.807) is 6.20 Å². The van der Waals surface area contributed by atoms with Gasteiger partial charge in [-0.25, -0.2) is 4.98 Å². The number of rotatable bonds is 1. The molecule has 1 aromatic heterocycles. The Labute approximate surface area is 119 Å². The largest absolute Gasteiger partial charge is 0.469 e. The Balaban J connectivity index is 1.89. The first-order valence-electron chi connectivity index (χ1n) is 5.79. The van der Waals surface area contributed by atoms with Gasteiger partial charge in [0.05, 0.1) is 0 Å². The van der Waals surface area contributed by atoms with Crippen LogP contribution in [0.5, 0.6) is 5.88 Å². The van der Waals surface area contributed by atoms with Crippen molar-refractivity contribution in [3.63, 3.8) is 0 Å². The molecule has 0 fully saturated rings. The van der Waals surface area contributed by atoms with Gasteiger partial charge in [0.1, 0.15) is 6.10 Å². The number of hydrogen-bond acceptors (Lipinski definition) is 2. The van der Waals surface area contributed by atoms with Crippen LogP contribution in [-0.4, -0.2) is 4.98 Å². The van der Waals surface area contributed by atoms with Crippen molar-refractivity contribution in [3.05, 3.63) is 57.2 Å². The minimum absolute atomic E-state index is 0.0462. The van der Waals surface area contributed by atoms with E-state index in [0.29, 0.717) is 0 Å². The summed E-state index contributed by atoms with van der Waals surface area (Å²) in [4.78, 5) is 4.31. The maximum absolute atomic E-state index is 6.01. The molecule has 1 unspecified atom stereocenters. The number of halogens is 2. The lowest BCUT2D eigenvalue weighted by Gasteiger charge is -2.25. The number of pyridine rings is 1. The number of fused-ring (bicyclic) bond motifs is 1. The normalized spacial score (nSPS) is 18.0. The van der Waals surface area contributed by atoms with E-state index >= 15 is 0 Å². The molecule has 2 heterocycles. The zero-order valence-electron chi connectivity index (χ0n) is 9.57. The summed E-state index contributed by atoms with van der Waals surface area (Å²) >= 11 is 9.43. The van der Waals surface area contributed by atoms with E-state index in [0.717, 1.165) is 39.3 Å². The molecule has 2 nitrogen and oxygen atoms in total. The van der Waals surface area contributed by atoms with E-state index in [1.165, 1.54) is 0 Å². The summed E-state index contributed by atoms with van der Waals surface area (Å²) in [7, 11) is 0. The van der Waals surface area contributed by atoms with E-state index in [2.05, 4.69) is 27.0 Å². The first-order valence-corrected chi connectivity index (χ1v) is 6.96. The van der Waals surface area contributed by atoms with Gasteiger partial charge in [0, 0.05) is 21.3 Å². The molecule has 0 N–H and O–H groups in total. The predicted octanol–water partition coefficient (Wildman–Crippen LogP) is 4.56. The van der Waals surface area contributed by atoms with Crippen LogP contribution in [0.4, 0.5) is 0 Å². The van der Waals surface area contributed by atoms with Crippen molar-refractivity contribution in [2.75, 3.05) is 0 Å². The van der Waals surface area contributed by atoms with Gasteiger partial charge in [-0.2, -0.15) is 0 Å². The minimum Gasteiger partial charge on any atom is -0.469 e. The molecule has 0 amide bonds. The van der Waals surface area contributed by atoms with Crippen LogP contribution in [0.25, 0.3) is 0 Å². The van der Waals surface area contributed by atoms with Gasteiger partial charge in [-0.1, -0.05) is 23.7 Å². The van der Waals surface area contributed by atoms with Crippen molar-refractivity contribution in [2.24, 2.45) is 0 Å². The number of benzene rings is 1. The van der Waals surface area contributed by atoms with E-state index in [4.69, 9.17) is 16.3 Å². The van der Waals surface area contributed by atoms with Crippen LogP contribution in [0, 0.1) is 0 Å². The highest BCUT2D eigenvalue weighted by molar-refractivity contribution is 9.10. The molecule has 1 aromatic carbocycles. The van der Waals surface area contributed by atoms with Gasteiger partial charge in [0.25, 0.3) is 0 Å². The van der Waals surface area contributed by atoms with Gasteiger partial charge >= 0.3 is 0 Å². The molecule has 0 saturated carbocycles. The SMILES string of the molecule is Clc1cccc(C2CCc3cc(Br)cnc3O2)c1. The highest BCUT2D eigenvalue weighted by Gasteiger charge is 2.22. The number of ether oxygens (including phenoxy) is 1. The smallest absolute Gasteiger partial charge is 0.217 e. The second-order valence-electron chi connectivity index (χ2n) is 4.32. The van der Waals surface area contributed by atoms with Crippen LogP contribution in [0.15, 0.2) is 41.0 Å². The van der Waals surface area contributed by atoms with Gasteiger partial charge in [-0.05, 0) is 52.5 Å². The van der Waals surface area contributed by atoms with Crippen LogP contribution in [0.3, 0.4) is 0 Å². The first-order chi connectivity index (χ1) is 8.72. The maximum Gasteiger partial charge on any atom is 0.217 e. The lowest BCUT2D eigenvalue weighted by Crippen LogP contribution is -2.16. The van der Waals surface area contributed by atoms with E-state index < -0.39 is 0 Å². The average Bonchev–Trinajstić information content (AvgIpc) is 2.38. The summed E-state index contributed by atoms with van der Waals surface area (Å²) in [6.45, 7) is 0. The Morgan fingerprint density at radius 3 is 3.06 bits per heavy atom. The van der Waals surface area contributed by atoms with Crippen molar-refractivity contribution in [1.82, 2.24) is 4.98 Å². The summed E-state index contributed by atoms with van der Waals surface area (Å²) in [5.74, 6) is 0.731. The molecule has 92 valence electrons. The van der Waals surface area contributed by atoms with Gasteiger partial charge < -0.3 is 4.74 Å². The summed E-state index contributed by atoms with van der Waals surface area (Å²) in [5.41, 5.74) is 2.26. The third kappa shape index (κ3) is 2.38. The molecule has 0 radical (unpaired) electrons. The standard InChI is InChI=1S/C14H11BrClNO/c15-11-6-10-4-5-13(18-14(10)17-8-11)9-2-1-3-12(16)7-9/h1-3,6-8,13H,4-5H2. The number of hydrogen-bond donors (Lipinski definition) is 0. The quantitative estimate of drug-likeness (QED) is 0.767. The van der Waals surface area contributed by atoms with Crippen LogP contribution >= 0.6 is 27.5 Å². The molecular formula is C14H11BrClNO. The Kier molecular flexibility index (Phi) is 3.27. The lowest BCUT2D eigenvalue weighted by molar-refractivity contribution is 0.168. The van der Waals surface area contributed by atoms with Crippen LogP contribution in [0.2, 0.25) is 5.02 Å². The fourth-order valence-electron chi connectivity index (χ4n) is 2.18. The Bertz CT molecular complexity index is 588. The summed E-state index contributed by atoms with van der Waals surface area (Å²) in [6.07, 6.45) is 3.73. The Morgan fingerprint density at radius 1 is 1.33 bits per heavy atom. The second kappa shape index (κ2) is 4.90. The monoisotopic (exact) mass is 323 g/mol. The topological polar surface area (TPSA) is 22.1 Å². The molecule has 3 rings (SSSR count). The summed E-state index contributed by atoms with van der Waals surface area (Å²) in [6, 6.07) is 9.88. The van der Waals surface area contributed by atoms with Crippen LogP contribution < -0.4 is 4.74 Å². The highest BCUT2D eigenvalue weighted by Crippen LogP contribution is 2.34. The van der Waals surface area contributed by atoms with Crippen molar-refractivity contribution in [1.29, 1.82) is 0 Å². The van der Waals surface area contributed by atoms with Gasteiger partial charge in [0.15, 0.2) is 0 Å². The summed E-state index contributed by atoms with van der Waals surface area (Å²) < 4.78 is 6.93. The predicted molar refractivity (Wildman–Crippen MR) is 75.1 cm³/mol. The van der Waals surface area contributed by atoms with E-state index in [1.807, 2.05) is 24.3 Å². The fourth-order valence-corrected chi connectivity index (χ4v) is 2.75. The Hall–Kier alpha value is -1.06. The molecule has 4 heteroatoms. The maximum atomic E-state index is 6.01. The molecule has 0 spiro atoms. The number of aromatic nitrogens is 1. The molecule has 1 aliphatic rings. The van der Waals surface area contributed by atoms with E-state index in [9.17, 15) is 0 Å². The van der Waals surface area contributed by atoms with Crippen molar-refractivity contribution in [2.45, 2.75) is 18.9 Å². The zero-order chi connectivity index (χ0) is 12.5. The molecule has 1 aliphatic heterocycles. The number of nitrogens with zero attached hydrogens (tertiary/aromatic N) is 1. The van der Waals surface area contributed by atoms with Gasteiger partial charge in [0.2, 0.25) is 5.88 Å². The van der Waals surface area contributed by atoms with Crippen molar-refractivity contribution < 1.29 is 4.74 Å². The molecule has 18 heavy (non-hydrogen) atoms. The summed E-state index contributed by atoms with van der Waals surface area (Å²) in [5, 5.41) is 0.741. The van der Waals surface area contributed by atoms with Crippen LogP contribution in [-0.2, 0) is 6.42 Å². The van der Waals surface area contributed by atoms with Gasteiger partial charge in [-0.3, -0.25) is 0 Å². The Morgan fingerprint density at radius 2 is 2.22 bits per heavy atom.